The van der Waals surface area contributed by atoms with Gasteiger partial charge < -0.3 is 15.6 Å². The number of nitrogens with two attached hydrogens (primary N) is 1. The highest BCUT2D eigenvalue weighted by Gasteiger charge is 2.18. The number of hydrogen-bond acceptors (Lipinski definition) is 4. The fourth-order valence-electron chi connectivity index (χ4n) is 1.88. The molecule has 0 spiro atoms. The van der Waals surface area contributed by atoms with Crippen LogP contribution in [0.25, 0.3) is 0 Å². The number of anilines is 1. The summed E-state index contributed by atoms with van der Waals surface area (Å²) in [5.74, 6) is 0.474. The van der Waals surface area contributed by atoms with E-state index in [1.807, 2.05) is 4.90 Å². The molecule has 0 saturated carbocycles. The lowest BCUT2D eigenvalue weighted by atomic mass is 10.1. The number of aromatic amines is 1. The molecule has 16 heavy (non-hydrogen) atoms. The Hall–Kier alpha value is -1.36. The lowest BCUT2D eigenvalue weighted by Crippen LogP contribution is -2.41. The van der Waals surface area contributed by atoms with Crippen molar-refractivity contribution in [1.29, 1.82) is 0 Å². The van der Waals surface area contributed by atoms with Gasteiger partial charge in [-0.1, -0.05) is 13.8 Å². The number of rotatable bonds is 6. The van der Waals surface area contributed by atoms with Gasteiger partial charge in [0.1, 0.15) is 0 Å². The normalized spacial score (nSPS) is 10.8. The Kier molecular flexibility index (Phi) is 4.98. The number of aromatic nitrogens is 2. The van der Waals surface area contributed by atoms with E-state index < -0.39 is 0 Å². The lowest BCUT2D eigenvalue weighted by molar-refractivity contribution is 0.552. The van der Waals surface area contributed by atoms with Crippen LogP contribution in [0.2, 0.25) is 0 Å². The predicted molar refractivity (Wildman–Crippen MR) is 65.6 cm³/mol. The van der Waals surface area contributed by atoms with Crippen molar-refractivity contribution in [3.05, 3.63) is 22.7 Å². The standard InChI is InChI=1S/C11H20N4O/c1-3-9(4-2)15(8-5-12)10-11(16)14-7-6-13-10/h6-7,9H,3-5,8,12H2,1-2H3,(H,14,16). The largest absolute Gasteiger partial charge is 0.348 e. The van der Waals surface area contributed by atoms with Gasteiger partial charge in [-0.05, 0) is 12.8 Å². The summed E-state index contributed by atoms with van der Waals surface area (Å²) in [4.78, 5) is 20.5. The summed E-state index contributed by atoms with van der Waals surface area (Å²) in [5, 5.41) is 0. The fourth-order valence-corrected chi connectivity index (χ4v) is 1.88. The van der Waals surface area contributed by atoms with Gasteiger partial charge in [0.15, 0.2) is 5.82 Å². The van der Waals surface area contributed by atoms with Crippen molar-refractivity contribution in [2.75, 3.05) is 18.0 Å². The Morgan fingerprint density at radius 1 is 1.50 bits per heavy atom. The van der Waals surface area contributed by atoms with Gasteiger partial charge in [-0.3, -0.25) is 4.79 Å². The molecule has 1 rings (SSSR count). The molecular formula is C11H20N4O. The van der Waals surface area contributed by atoms with Crippen molar-refractivity contribution in [3.8, 4) is 0 Å². The minimum atomic E-state index is -0.150. The zero-order chi connectivity index (χ0) is 12.0. The van der Waals surface area contributed by atoms with E-state index in [2.05, 4.69) is 23.8 Å². The fraction of sp³-hybridized carbons (Fsp3) is 0.636. The summed E-state index contributed by atoms with van der Waals surface area (Å²) in [6, 6.07) is 0.319. The first-order valence-electron chi connectivity index (χ1n) is 5.74. The molecule has 3 N–H and O–H groups in total. The maximum Gasteiger partial charge on any atom is 0.290 e. The van der Waals surface area contributed by atoms with Crippen LogP contribution in [0.15, 0.2) is 17.2 Å². The zero-order valence-electron chi connectivity index (χ0n) is 9.94. The van der Waals surface area contributed by atoms with E-state index in [-0.39, 0.29) is 5.56 Å². The first-order chi connectivity index (χ1) is 7.74. The van der Waals surface area contributed by atoms with E-state index in [4.69, 9.17) is 5.73 Å². The van der Waals surface area contributed by atoms with E-state index in [1.54, 1.807) is 12.4 Å². The SMILES string of the molecule is CCC(CC)N(CCN)c1ncc[nH]c1=O. The molecule has 90 valence electrons. The summed E-state index contributed by atoms with van der Waals surface area (Å²) in [7, 11) is 0. The summed E-state index contributed by atoms with van der Waals surface area (Å²) in [6.07, 6.45) is 5.10. The molecule has 5 heteroatoms. The van der Waals surface area contributed by atoms with Crippen LogP contribution in [0.3, 0.4) is 0 Å². The Morgan fingerprint density at radius 2 is 2.19 bits per heavy atom. The molecule has 0 saturated heterocycles. The third kappa shape index (κ3) is 2.82. The molecule has 0 aromatic carbocycles. The van der Waals surface area contributed by atoms with E-state index in [9.17, 15) is 4.79 Å². The smallest absolute Gasteiger partial charge is 0.290 e. The number of nitrogens with one attached hydrogen (secondary N) is 1. The predicted octanol–water partition coefficient (Wildman–Crippen LogP) is 0.724. The minimum Gasteiger partial charge on any atom is -0.348 e. The van der Waals surface area contributed by atoms with Crippen molar-refractivity contribution >= 4 is 5.82 Å². The highest BCUT2D eigenvalue weighted by Crippen LogP contribution is 2.13. The van der Waals surface area contributed by atoms with E-state index >= 15 is 0 Å². The van der Waals surface area contributed by atoms with Crippen LogP contribution in [0.1, 0.15) is 26.7 Å². The van der Waals surface area contributed by atoms with Gasteiger partial charge in [-0.15, -0.1) is 0 Å². The van der Waals surface area contributed by atoms with Crippen molar-refractivity contribution in [1.82, 2.24) is 9.97 Å². The highest BCUT2D eigenvalue weighted by atomic mass is 16.1. The van der Waals surface area contributed by atoms with Gasteiger partial charge in [-0.25, -0.2) is 4.98 Å². The molecule has 0 fully saturated rings. The van der Waals surface area contributed by atoms with Gasteiger partial charge in [0, 0.05) is 31.5 Å². The monoisotopic (exact) mass is 224 g/mol. The summed E-state index contributed by atoms with van der Waals surface area (Å²) in [5.41, 5.74) is 5.43. The topological polar surface area (TPSA) is 75.0 Å². The molecule has 0 amide bonds. The third-order valence-electron chi connectivity index (χ3n) is 2.71. The van der Waals surface area contributed by atoms with Crippen LogP contribution in [0.4, 0.5) is 5.82 Å². The molecular weight excluding hydrogens is 204 g/mol. The van der Waals surface area contributed by atoms with Gasteiger partial charge in [0.25, 0.3) is 5.56 Å². The second kappa shape index (κ2) is 6.27. The van der Waals surface area contributed by atoms with Crippen LogP contribution in [0.5, 0.6) is 0 Å². The molecule has 5 nitrogen and oxygen atoms in total. The number of nitrogens with zero attached hydrogens (tertiary/aromatic N) is 2. The van der Waals surface area contributed by atoms with Crippen LogP contribution >= 0.6 is 0 Å². The lowest BCUT2D eigenvalue weighted by Gasteiger charge is -2.30. The molecule has 0 aliphatic rings. The van der Waals surface area contributed by atoms with Gasteiger partial charge >= 0.3 is 0 Å². The molecule has 0 aliphatic carbocycles. The Morgan fingerprint density at radius 3 is 2.69 bits per heavy atom. The number of hydrogen-bond donors (Lipinski definition) is 2. The van der Waals surface area contributed by atoms with Gasteiger partial charge in [0.05, 0.1) is 0 Å². The summed E-state index contributed by atoms with van der Waals surface area (Å²) < 4.78 is 0. The van der Waals surface area contributed by atoms with Crippen molar-refractivity contribution < 1.29 is 0 Å². The first-order valence-corrected chi connectivity index (χ1v) is 5.74. The Bertz CT molecular complexity index is 359. The van der Waals surface area contributed by atoms with Crippen LogP contribution in [0, 0.1) is 0 Å². The van der Waals surface area contributed by atoms with Crippen molar-refractivity contribution in [2.45, 2.75) is 32.7 Å². The molecule has 1 aromatic heterocycles. The molecule has 0 aliphatic heterocycles. The number of H-pyrrole nitrogens is 1. The van der Waals surface area contributed by atoms with Crippen LogP contribution in [-0.2, 0) is 0 Å². The third-order valence-corrected chi connectivity index (χ3v) is 2.71. The minimum absolute atomic E-state index is 0.150. The molecule has 0 unspecified atom stereocenters. The molecule has 0 radical (unpaired) electrons. The van der Waals surface area contributed by atoms with E-state index in [1.165, 1.54) is 0 Å². The highest BCUT2D eigenvalue weighted by molar-refractivity contribution is 5.36. The van der Waals surface area contributed by atoms with Crippen molar-refractivity contribution in [2.24, 2.45) is 5.73 Å². The van der Waals surface area contributed by atoms with Crippen LogP contribution in [-0.4, -0.2) is 29.1 Å². The van der Waals surface area contributed by atoms with Gasteiger partial charge in [-0.2, -0.15) is 0 Å². The molecule has 0 atom stereocenters. The first kappa shape index (κ1) is 12.7. The quantitative estimate of drug-likeness (QED) is 0.746. The summed E-state index contributed by atoms with van der Waals surface area (Å²) >= 11 is 0. The molecule has 1 heterocycles. The average molecular weight is 224 g/mol. The summed E-state index contributed by atoms with van der Waals surface area (Å²) in [6.45, 7) is 5.39. The second-order valence-electron chi connectivity index (χ2n) is 3.69. The van der Waals surface area contributed by atoms with Crippen LogP contribution < -0.4 is 16.2 Å². The van der Waals surface area contributed by atoms with Crippen molar-refractivity contribution in [3.63, 3.8) is 0 Å². The molecule has 1 aromatic rings. The van der Waals surface area contributed by atoms with E-state index in [0.717, 1.165) is 12.8 Å². The maximum atomic E-state index is 11.7. The Balaban J connectivity index is 3.01. The second-order valence-corrected chi connectivity index (χ2v) is 3.69. The van der Waals surface area contributed by atoms with Gasteiger partial charge in [0.2, 0.25) is 0 Å². The maximum absolute atomic E-state index is 11.7. The average Bonchev–Trinajstić information content (AvgIpc) is 2.30. The zero-order valence-corrected chi connectivity index (χ0v) is 9.94. The molecule has 0 bridgehead atoms. The van der Waals surface area contributed by atoms with E-state index in [0.29, 0.717) is 24.9 Å². The Labute approximate surface area is 95.7 Å².